The standard InChI is InChI=1S/C14H20FN/c1-9(2)11-7-13(8-11)16-14-5-4-12(15)6-10(14)3/h4-6,9,11,13,16H,7-8H2,1-3H3. The van der Waals surface area contributed by atoms with Crippen LogP contribution < -0.4 is 5.32 Å². The number of anilines is 1. The minimum absolute atomic E-state index is 0.156. The lowest BCUT2D eigenvalue weighted by Gasteiger charge is -2.39. The van der Waals surface area contributed by atoms with Crippen LogP contribution in [0.25, 0.3) is 0 Å². The molecule has 0 saturated heterocycles. The van der Waals surface area contributed by atoms with Crippen molar-refractivity contribution in [1.82, 2.24) is 0 Å². The fourth-order valence-corrected chi connectivity index (χ4v) is 2.33. The van der Waals surface area contributed by atoms with Crippen LogP contribution in [-0.4, -0.2) is 6.04 Å². The van der Waals surface area contributed by atoms with E-state index in [1.54, 1.807) is 6.07 Å². The summed E-state index contributed by atoms with van der Waals surface area (Å²) in [6.45, 7) is 6.51. The Labute approximate surface area is 97.1 Å². The Morgan fingerprint density at radius 3 is 2.56 bits per heavy atom. The van der Waals surface area contributed by atoms with Gasteiger partial charge in [-0.2, -0.15) is 0 Å². The molecule has 88 valence electrons. The largest absolute Gasteiger partial charge is 0.382 e. The quantitative estimate of drug-likeness (QED) is 0.814. The third-order valence-corrected chi connectivity index (χ3v) is 3.67. The monoisotopic (exact) mass is 221 g/mol. The molecule has 0 aliphatic heterocycles. The number of rotatable bonds is 3. The van der Waals surface area contributed by atoms with E-state index < -0.39 is 0 Å². The summed E-state index contributed by atoms with van der Waals surface area (Å²) in [5, 5.41) is 3.49. The molecule has 1 aromatic carbocycles. The highest BCUT2D eigenvalue weighted by atomic mass is 19.1. The molecule has 1 nitrogen and oxygen atoms in total. The normalized spacial score (nSPS) is 24.3. The van der Waals surface area contributed by atoms with Crippen molar-refractivity contribution in [2.24, 2.45) is 11.8 Å². The predicted molar refractivity (Wildman–Crippen MR) is 66.1 cm³/mol. The molecule has 1 aliphatic carbocycles. The third-order valence-electron chi connectivity index (χ3n) is 3.67. The maximum atomic E-state index is 12.9. The van der Waals surface area contributed by atoms with Crippen molar-refractivity contribution in [2.45, 2.75) is 39.7 Å². The molecule has 1 N–H and O–H groups in total. The lowest BCUT2D eigenvalue weighted by Crippen LogP contribution is -2.38. The Kier molecular flexibility index (Phi) is 3.17. The van der Waals surface area contributed by atoms with E-state index in [-0.39, 0.29) is 5.82 Å². The van der Waals surface area contributed by atoms with Crippen molar-refractivity contribution in [3.05, 3.63) is 29.6 Å². The van der Waals surface area contributed by atoms with Crippen molar-refractivity contribution in [2.75, 3.05) is 5.32 Å². The zero-order valence-electron chi connectivity index (χ0n) is 10.3. The van der Waals surface area contributed by atoms with Crippen LogP contribution in [-0.2, 0) is 0 Å². The number of hydrogen-bond donors (Lipinski definition) is 1. The maximum absolute atomic E-state index is 12.9. The molecular weight excluding hydrogens is 201 g/mol. The van der Waals surface area contributed by atoms with Crippen LogP contribution in [0.3, 0.4) is 0 Å². The Bertz CT molecular complexity index is 367. The number of aryl methyl sites for hydroxylation is 1. The lowest BCUT2D eigenvalue weighted by atomic mass is 9.73. The van der Waals surface area contributed by atoms with Gasteiger partial charge in [-0.3, -0.25) is 0 Å². The van der Waals surface area contributed by atoms with Crippen molar-refractivity contribution in [3.8, 4) is 0 Å². The highest BCUT2D eigenvalue weighted by Gasteiger charge is 2.31. The number of halogens is 1. The van der Waals surface area contributed by atoms with Crippen LogP contribution in [0, 0.1) is 24.6 Å². The summed E-state index contributed by atoms with van der Waals surface area (Å²) in [6, 6.07) is 5.53. The first kappa shape index (κ1) is 11.4. The molecule has 16 heavy (non-hydrogen) atoms. The first-order valence-electron chi connectivity index (χ1n) is 6.09. The minimum atomic E-state index is -0.156. The molecule has 0 heterocycles. The second-order valence-corrected chi connectivity index (χ2v) is 5.28. The first-order valence-corrected chi connectivity index (χ1v) is 6.09. The van der Waals surface area contributed by atoms with E-state index in [0.29, 0.717) is 6.04 Å². The van der Waals surface area contributed by atoms with E-state index in [1.807, 2.05) is 13.0 Å². The smallest absolute Gasteiger partial charge is 0.123 e. The van der Waals surface area contributed by atoms with Gasteiger partial charge in [0.2, 0.25) is 0 Å². The van der Waals surface area contributed by atoms with Crippen molar-refractivity contribution >= 4 is 5.69 Å². The Balaban J connectivity index is 1.91. The SMILES string of the molecule is Cc1cc(F)ccc1NC1CC(C(C)C)C1. The van der Waals surface area contributed by atoms with Crippen molar-refractivity contribution in [3.63, 3.8) is 0 Å². The maximum Gasteiger partial charge on any atom is 0.123 e. The molecule has 0 unspecified atom stereocenters. The highest BCUT2D eigenvalue weighted by Crippen LogP contribution is 2.35. The number of hydrogen-bond acceptors (Lipinski definition) is 1. The van der Waals surface area contributed by atoms with E-state index >= 15 is 0 Å². The summed E-state index contributed by atoms with van der Waals surface area (Å²) >= 11 is 0. The molecule has 0 amide bonds. The fourth-order valence-electron chi connectivity index (χ4n) is 2.33. The summed E-state index contributed by atoms with van der Waals surface area (Å²) in [6.07, 6.45) is 2.49. The summed E-state index contributed by atoms with van der Waals surface area (Å²) in [5.41, 5.74) is 2.07. The molecule has 0 bridgehead atoms. The van der Waals surface area contributed by atoms with Crippen LogP contribution in [0.1, 0.15) is 32.3 Å². The van der Waals surface area contributed by atoms with E-state index in [4.69, 9.17) is 0 Å². The van der Waals surface area contributed by atoms with E-state index in [9.17, 15) is 4.39 Å². The summed E-state index contributed by atoms with van der Waals surface area (Å²) in [7, 11) is 0. The predicted octanol–water partition coefficient (Wildman–Crippen LogP) is 3.98. The lowest BCUT2D eigenvalue weighted by molar-refractivity contribution is 0.212. The zero-order chi connectivity index (χ0) is 11.7. The average molecular weight is 221 g/mol. The summed E-state index contributed by atoms with van der Waals surface area (Å²) < 4.78 is 12.9. The molecule has 0 radical (unpaired) electrons. The Morgan fingerprint density at radius 2 is 2.00 bits per heavy atom. The van der Waals surface area contributed by atoms with Gasteiger partial charge in [-0.15, -0.1) is 0 Å². The molecule has 0 spiro atoms. The van der Waals surface area contributed by atoms with Gasteiger partial charge in [0.05, 0.1) is 0 Å². The molecule has 1 aromatic rings. The second-order valence-electron chi connectivity index (χ2n) is 5.28. The number of nitrogens with one attached hydrogen (secondary N) is 1. The second kappa shape index (κ2) is 4.44. The van der Waals surface area contributed by atoms with E-state index in [1.165, 1.54) is 18.9 Å². The first-order chi connectivity index (χ1) is 7.56. The molecule has 0 atom stereocenters. The fraction of sp³-hybridized carbons (Fsp3) is 0.571. The third kappa shape index (κ3) is 2.37. The van der Waals surface area contributed by atoms with Gasteiger partial charge in [-0.1, -0.05) is 13.8 Å². The summed E-state index contributed by atoms with van der Waals surface area (Å²) in [4.78, 5) is 0. The van der Waals surface area contributed by atoms with Crippen LogP contribution in [0.5, 0.6) is 0 Å². The van der Waals surface area contributed by atoms with Crippen LogP contribution in [0.2, 0.25) is 0 Å². The summed E-state index contributed by atoms with van der Waals surface area (Å²) in [5.74, 6) is 1.49. The van der Waals surface area contributed by atoms with Gasteiger partial charge in [0, 0.05) is 11.7 Å². The Hall–Kier alpha value is -1.05. The van der Waals surface area contributed by atoms with E-state index in [2.05, 4.69) is 19.2 Å². The Morgan fingerprint density at radius 1 is 1.31 bits per heavy atom. The van der Waals surface area contributed by atoms with Crippen LogP contribution >= 0.6 is 0 Å². The average Bonchev–Trinajstić information content (AvgIpc) is 2.12. The van der Waals surface area contributed by atoms with Crippen molar-refractivity contribution in [1.29, 1.82) is 0 Å². The van der Waals surface area contributed by atoms with Crippen LogP contribution in [0.4, 0.5) is 10.1 Å². The van der Waals surface area contributed by atoms with Gasteiger partial charge in [0.1, 0.15) is 5.82 Å². The molecule has 1 aliphatic rings. The minimum Gasteiger partial charge on any atom is -0.382 e. The van der Waals surface area contributed by atoms with Crippen LogP contribution in [0.15, 0.2) is 18.2 Å². The number of benzene rings is 1. The van der Waals surface area contributed by atoms with Gasteiger partial charge in [0.25, 0.3) is 0 Å². The van der Waals surface area contributed by atoms with Gasteiger partial charge < -0.3 is 5.32 Å². The molecular formula is C14H20FN. The van der Waals surface area contributed by atoms with E-state index in [0.717, 1.165) is 23.1 Å². The van der Waals surface area contributed by atoms with Gasteiger partial charge in [-0.25, -0.2) is 4.39 Å². The topological polar surface area (TPSA) is 12.0 Å². The molecule has 1 fully saturated rings. The van der Waals surface area contributed by atoms with Gasteiger partial charge >= 0.3 is 0 Å². The molecule has 2 heteroatoms. The highest BCUT2D eigenvalue weighted by molar-refractivity contribution is 5.51. The van der Waals surface area contributed by atoms with Gasteiger partial charge in [-0.05, 0) is 55.4 Å². The zero-order valence-corrected chi connectivity index (χ0v) is 10.3. The van der Waals surface area contributed by atoms with Crippen molar-refractivity contribution < 1.29 is 4.39 Å². The molecule has 0 aromatic heterocycles. The molecule has 2 rings (SSSR count). The van der Waals surface area contributed by atoms with Gasteiger partial charge in [0.15, 0.2) is 0 Å². The molecule has 1 saturated carbocycles.